The second-order valence-electron chi connectivity index (χ2n) is 7.83. The van der Waals surface area contributed by atoms with Crippen LogP contribution in [0.25, 0.3) is 39.3 Å². The number of fused-ring (bicyclic) bond motifs is 1. The minimum absolute atomic E-state index is 0.196. The van der Waals surface area contributed by atoms with Crippen molar-refractivity contribution in [3.63, 3.8) is 0 Å². The summed E-state index contributed by atoms with van der Waals surface area (Å²) in [5, 5.41) is 5.37. The molecule has 0 fully saturated rings. The van der Waals surface area contributed by atoms with Gasteiger partial charge in [-0.05, 0) is 30.3 Å². The molecule has 5 rings (SSSR count). The summed E-state index contributed by atoms with van der Waals surface area (Å²) >= 11 is 0. The minimum atomic E-state index is -0.196. The molecule has 0 amide bonds. The van der Waals surface area contributed by atoms with Crippen molar-refractivity contribution in [1.82, 2.24) is 14.7 Å². The molecule has 0 saturated carbocycles. The number of rotatable bonds is 7. The molecule has 0 bridgehead atoms. The standard InChI is InChI=1S/C27H23N3O6/c1-32-18-11-16(12-19(14-18)33-2)25-28-26(36-29-25)22-15-30(27(31)21-8-6-5-7-20(21)22)17-9-10-23(34-3)24(13-17)35-4/h5-15H,1-4H3. The fourth-order valence-corrected chi connectivity index (χ4v) is 4.02. The molecule has 0 unspecified atom stereocenters. The second-order valence-corrected chi connectivity index (χ2v) is 7.83. The quantitative estimate of drug-likeness (QED) is 0.326. The number of methoxy groups -OCH3 is 4. The molecule has 0 radical (unpaired) electrons. The molecule has 182 valence electrons. The van der Waals surface area contributed by atoms with Gasteiger partial charge in [0.2, 0.25) is 5.82 Å². The van der Waals surface area contributed by atoms with E-state index in [-0.39, 0.29) is 11.4 Å². The minimum Gasteiger partial charge on any atom is -0.497 e. The van der Waals surface area contributed by atoms with Crippen molar-refractivity contribution >= 4 is 10.8 Å². The van der Waals surface area contributed by atoms with E-state index in [0.717, 1.165) is 0 Å². The normalized spacial score (nSPS) is 10.9. The summed E-state index contributed by atoms with van der Waals surface area (Å²) in [6.45, 7) is 0. The lowest BCUT2D eigenvalue weighted by Gasteiger charge is -2.13. The van der Waals surface area contributed by atoms with E-state index < -0.39 is 0 Å². The number of pyridine rings is 1. The van der Waals surface area contributed by atoms with Gasteiger partial charge >= 0.3 is 0 Å². The summed E-state index contributed by atoms with van der Waals surface area (Å²) < 4.78 is 28.7. The Balaban J connectivity index is 1.68. The molecule has 3 aromatic carbocycles. The van der Waals surface area contributed by atoms with Crippen LogP contribution in [0.2, 0.25) is 0 Å². The fraction of sp³-hybridized carbons (Fsp3) is 0.148. The van der Waals surface area contributed by atoms with E-state index in [1.165, 1.54) is 4.57 Å². The third-order valence-corrected chi connectivity index (χ3v) is 5.84. The maximum atomic E-state index is 13.4. The zero-order valence-electron chi connectivity index (χ0n) is 20.1. The van der Waals surface area contributed by atoms with Crippen molar-refractivity contribution in [2.24, 2.45) is 0 Å². The van der Waals surface area contributed by atoms with E-state index >= 15 is 0 Å². The fourth-order valence-electron chi connectivity index (χ4n) is 4.02. The SMILES string of the molecule is COc1cc(OC)cc(-c2noc(-c3cn(-c4ccc(OC)c(OC)c4)c(=O)c4ccccc34)n2)c1. The van der Waals surface area contributed by atoms with Crippen LogP contribution in [0.1, 0.15) is 0 Å². The van der Waals surface area contributed by atoms with Gasteiger partial charge in [-0.1, -0.05) is 23.4 Å². The zero-order chi connectivity index (χ0) is 25.2. The highest BCUT2D eigenvalue weighted by atomic mass is 16.5. The molecule has 0 aliphatic heterocycles. The van der Waals surface area contributed by atoms with Crippen molar-refractivity contribution in [3.05, 3.63) is 77.2 Å². The number of benzene rings is 3. The maximum Gasteiger partial charge on any atom is 0.262 e. The Bertz CT molecular complexity index is 1600. The third-order valence-electron chi connectivity index (χ3n) is 5.84. The molecule has 2 heterocycles. The van der Waals surface area contributed by atoms with Crippen LogP contribution in [0.4, 0.5) is 0 Å². The molecular weight excluding hydrogens is 462 g/mol. The van der Waals surface area contributed by atoms with E-state index in [0.29, 0.717) is 56.4 Å². The van der Waals surface area contributed by atoms with Gasteiger partial charge in [0.25, 0.3) is 11.4 Å². The number of aromatic nitrogens is 3. The van der Waals surface area contributed by atoms with Crippen LogP contribution < -0.4 is 24.5 Å². The van der Waals surface area contributed by atoms with Gasteiger partial charge in [-0.3, -0.25) is 9.36 Å². The Morgan fingerprint density at radius 2 is 1.47 bits per heavy atom. The van der Waals surface area contributed by atoms with Crippen molar-refractivity contribution < 1.29 is 23.5 Å². The zero-order valence-corrected chi connectivity index (χ0v) is 20.1. The lowest BCUT2D eigenvalue weighted by Crippen LogP contribution is -2.18. The average molecular weight is 485 g/mol. The Kier molecular flexibility index (Phi) is 6.03. The lowest BCUT2D eigenvalue weighted by atomic mass is 10.1. The van der Waals surface area contributed by atoms with E-state index in [1.54, 1.807) is 77.1 Å². The van der Waals surface area contributed by atoms with Crippen molar-refractivity contribution in [3.8, 4) is 51.5 Å². The smallest absolute Gasteiger partial charge is 0.262 e. The first-order valence-electron chi connectivity index (χ1n) is 11.0. The van der Waals surface area contributed by atoms with Crippen LogP contribution in [0.5, 0.6) is 23.0 Å². The Morgan fingerprint density at radius 1 is 0.778 bits per heavy atom. The maximum absolute atomic E-state index is 13.4. The van der Waals surface area contributed by atoms with E-state index in [1.807, 2.05) is 18.2 Å². The molecule has 9 heteroatoms. The third kappa shape index (κ3) is 4.00. The molecule has 0 N–H and O–H groups in total. The molecule has 5 aromatic rings. The number of hydrogen-bond donors (Lipinski definition) is 0. The van der Waals surface area contributed by atoms with E-state index in [4.69, 9.17) is 23.5 Å². The van der Waals surface area contributed by atoms with Crippen LogP contribution in [0.15, 0.2) is 76.2 Å². The highest BCUT2D eigenvalue weighted by Gasteiger charge is 2.19. The van der Waals surface area contributed by atoms with Gasteiger partial charge < -0.3 is 23.5 Å². The van der Waals surface area contributed by atoms with E-state index in [9.17, 15) is 4.79 Å². The average Bonchev–Trinajstić information content (AvgIpc) is 3.43. The second kappa shape index (κ2) is 9.46. The van der Waals surface area contributed by atoms with Gasteiger partial charge in [-0.15, -0.1) is 0 Å². The van der Waals surface area contributed by atoms with E-state index in [2.05, 4.69) is 10.1 Å². The monoisotopic (exact) mass is 485 g/mol. The van der Waals surface area contributed by atoms with Crippen molar-refractivity contribution in [1.29, 1.82) is 0 Å². The molecule has 0 spiro atoms. The first kappa shape index (κ1) is 23.0. The summed E-state index contributed by atoms with van der Waals surface area (Å²) in [5.74, 6) is 2.88. The lowest BCUT2D eigenvalue weighted by molar-refractivity contribution is 0.355. The summed E-state index contributed by atoms with van der Waals surface area (Å²) in [4.78, 5) is 18.1. The Labute approximate surface area is 206 Å². The van der Waals surface area contributed by atoms with Crippen molar-refractivity contribution in [2.45, 2.75) is 0 Å². The molecule has 9 nitrogen and oxygen atoms in total. The van der Waals surface area contributed by atoms with Gasteiger partial charge in [0.1, 0.15) is 11.5 Å². The van der Waals surface area contributed by atoms with Crippen LogP contribution in [0, 0.1) is 0 Å². The summed E-state index contributed by atoms with van der Waals surface area (Å²) in [6.07, 6.45) is 1.69. The molecule has 36 heavy (non-hydrogen) atoms. The Morgan fingerprint density at radius 3 is 2.14 bits per heavy atom. The van der Waals surface area contributed by atoms with Gasteiger partial charge in [-0.25, -0.2) is 0 Å². The number of ether oxygens (including phenoxy) is 4. The van der Waals surface area contributed by atoms with Gasteiger partial charge in [0.15, 0.2) is 11.5 Å². The molecule has 0 saturated heterocycles. The molecule has 0 aliphatic carbocycles. The first-order chi connectivity index (χ1) is 17.6. The van der Waals surface area contributed by atoms with Gasteiger partial charge in [0, 0.05) is 34.7 Å². The molecule has 2 aromatic heterocycles. The van der Waals surface area contributed by atoms with Crippen LogP contribution in [-0.2, 0) is 0 Å². The predicted octanol–water partition coefficient (Wildman–Crippen LogP) is 4.74. The largest absolute Gasteiger partial charge is 0.497 e. The predicted molar refractivity (Wildman–Crippen MR) is 134 cm³/mol. The number of hydrogen-bond acceptors (Lipinski definition) is 8. The summed E-state index contributed by atoms with van der Waals surface area (Å²) in [5.41, 5.74) is 1.67. The first-order valence-corrected chi connectivity index (χ1v) is 11.0. The molecule has 0 atom stereocenters. The summed E-state index contributed by atoms with van der Waals surface area (Å²) in [7, 11) is 6.25. The van der Waals surface area contributed by atoms with Crippen LogP contribution in [0.3, 0.4) is 0 Å². The number of nitrogens with zero attached hydrogens (tertiary/aromatic N) is 3. The highest BCUT2D eigenvalue weighted by Crippen LogP contribution is 2.33. The van der Waals surface area contributed by atoms with Gasteiger partial charge in [-0.2, -0.15) is 4.98 Å². The van der Waals surface area contributed by atoms with Crippen molar-refractivity contribution in [2.75, 3.05) is 28.4 Å². The topological polar surface area (TPSA) is 97.8 Å². The molecular formula is C27H23N3O6. The molecule has 0 aliphatic rings. The summed E-state index contributed by atoms with van der Waals surface area (Å²) in [6, 6.07) is 17.9. The van der Waals surface area contributed by atoms with Gasteiger partial charge in [0.05, 0.1) is 39.7 Å². The Hall–Kier alpha value is -4.79. The van der Waals surface area contributed by atoms with Crippen LogP contribution in [-0.4, -0.2) is 43.1 Å². The van der Waals surface area contributed by atoms with Crippen LogP contribution >= 0.6 is 0 Å². The highest BCUT2D eigenvalue weighted by molar-refractivity contribution is 5.94.